The Bertz CT molecular complexity index is 308. The topological polar surface area (TPSA) is 87.7 Å². The number of amides is 1. The van der Waals surface area contributed by atoms with Crippen LogP contribution in [0.1, 0.15) is 34.1 Å². The smallest absolute Gasteiger partial charge is 0.224 e. The van der Waals surface area contributed by atoms with Crippen LogP contribution in [0.2, 0.25) is 0 Å². The molecular formula is C10H19N3O2. The van der Waals surface area contributed by atoms with Crippen molar-refractivity contribution in [3.63, 3.8) is 0 Å². The Morgan fingerprint density at radius 1 is 1.60 bits per heavy atom. The maximum atomic E-state index is 11.8. The van der Waals surface area contributed by atoms with Crippen LogP contribution >= 0.6 is 0 Å². The van der Waals surface area contributed by atoms with Gasteiger partial charge in [0.2, 0.25) is 5.91 Å². The number of nitrogens with one attached hydrogen (secondary N) is 1. The highest BCUT2D eigenvalue weighted by Gasteiger charge is 2.51. The van der Waals surface area contributed by atoms with Gasteiger partial charge >= 0.3 is 0 Å². The normalized spacial score (nSPS) is 24.8. The van der Waals surface area contributed by atoms with Gasteiger partial charge in [0.1, 0.15) is 0 Å². The van der Waals surface area contributed by atoms with E-state index in [4.69, 9.17) is 10.9 Å². The van der Waals surface area contributed by atoms with E-state index in [0.717, 1.165) is 6.42 Å². The molecule has 0 spiro atoms. The molecule has 1 fully saturated rings. The number of hydrogen-bond acceptors (Lipinski definition) is 3. The van der Waals surface area contributed by atoms with Crippen molar-refractivity contribution in [3.05, 3.63) is 0 Å². The number of nitrogens with two attached hydrogens (primary N) is 1. The monoisotopic (exact) mass is 213 g/mol. The van der Waals surface area contributed by atoms with Crippen LogP contribution in [0, 0.1) is 11.3 Å². The van der Waals surface area contributed by atoms with Crippen LogP contribution < -0.4 is 11.1 Å². The first-order valence-electron chi connectivity index (χ1n) is 5.01. The predicted octanol–water partition coefficient (Wildman–Crippen LogP) is 0.674. The second-order valence-corrected chi connectivity index (χ2v) is 5.34. The lowest BCUT2D eigenvalue weighted by Gasteiger charge is -2.24. The fraction of sp³-hybridized carbons (Fsp3) is 0.800. The Morgan fingerprint density at radius 2 is 2.07 bits per heavy atom. The zero-order valence-electron chi connectivity index (χ0n) is 9.66. The Morgan fingerprint density at radius 3 is 2.40 bits per heavy atom. The van der Waals surface area contributed by atoms with Gasteiger partial charge in [-0.1, -0.05) is 19.0 Å². The Balaban J connectivity index is 2.60. The Kier molecular flexibility index (Phi) is 2.67. The van der Waals surface area contributed by atoms with E-state index in [0.29, 0.717) is 0 Å². The molecule has 0 saturated heterocycles. The molecular weight excluding hydrogens is 194 g/mol. The summed E-state index contributed by atoms with van der Waals surface area (Å²) in [7, 11) is 0. The molecule has 1 unspecified atom stereocenters. The Labute approximate surface area is 89.7 Å². The van der Waals surface area contributed by atoms with Crippen molar-refractivity contribution in [1.29, 1.82) is 0 Å². The fourth-order valence-electron chi connectivity index (χ4n) is 1.50. The number of carbonyl (C=O) groups excluding carboxylic acids is 1. The van der Waals surface area contributed by atoms with Gasteiger partial charge in [-0.15, -0.1) is 0 Å². The first-order chi connectivity index (χ1) is 6.70. The molecule has 1 atom stereocenters. The van der Waals surface area contributed by atoms with Crippen LogP contribution in [0.25, 0.3) is 0 Å². The van der Waals surface area contributed by atoms with E-state index in [2.05, 4.69) is 10.5 Å². The van der Waals surface area contributed by atoms with Crippen LogP contribution in [-0.2, 0) is 4.79 Å². The highest BCUT2D eigenvalue weighted by Crippen LogP contribution is 2.51. The minimum absolute atomic E-state index is 0.00862. The molecule has 15 heavy (non-hydrogen) atoms. The minimum Gasteiger partial charge on any atom is -0.409 e. The van der Waals surface area contributed by atoms with E-state index < -0.39 is 5.54 Å². The van der Waals surface area contributed by atoms with Gasteiger partial charge in [0, 0.05) is 5.92 Å². The Hall–Kier alpha value is -1.26. The van der Waals surface area contributed by atoms with Crippen molar-refractivity contribution in [1.82, 2.24) is 5.32 Å². The third-order valence-electron chi connectivity index (χ3n) is 3.01. The molecule has 1 rings (SSSR count). The van der Waals surface area contributed by atoms with E-state index in [9.17, 15) is 4.79 Å². The third-order valence-corrected chi connectivity index (χ3v) is 3.01. The van der Waals surface area contributed by atoms with Crippen molar-refractivity contribution in [2.75, 3.05) is 0 Å². The van der Waals surface area contributed by atoms with Gasteiger partial charge in [-0.3, -0.25) is 4.79 Å². The van der Waals surface area contributed by atoms with Gasteiger partial charge in [-0.25, -0.2) is 0 Å². The summed E-state index contributed by atoms with van der Waals surface area (Å²) < 4.78 is 0. The summed E-state index contributed by atoms with van der Waals surface area (Å²) in [5.41, 5.74) is 4.76. The van der Waals surface area contributed by atoms with Crippen molar-refractivity contribution in [3.8, 4) is 0 Å². The van der Waals surface area contributed by atoms with Crippen molar-refractivity contribution >= 4 is 11.7 Å². The van der Waals surface area contributed by atoms with Crippen LogP contribution in [0.4, 0.5) is 0 Å². The van der Waals surface area contributed by atoms with E-state index in [1.165, 1.54) is 0 Å². The second-order valence-electron chi connectivity index (χ2n) is 5.34. The lowest BCUT2D eigenvalue weighted by Crippen LogP contribution is -2.53. The quantitative estimate of drug-likeness (QED) is 0.279. The zero-order chi connectivity index (χ0) is 11.9. The molecule has 5 heteroatoms. The molecule has 0 radical (unpaired) electrons. The molecule has 0 aromatic heterocycles. The fourth-order valence-corrected chi connectivity index (χ4v) is 1.50. The van der Waals surface area contributed by atoms with Crippen LogP contribution in [-0.4, -0.2) is 22.5 Å². The number of amidine groups is 1. The average Bonchev–Trinajstić information content (AvgIpc) is 2.73. The maximum absolute atomic E-state index is 11.8. The molecule has 5 nitrogen and oxygen atoms in total. The molecule has 1 saturated carbocycles. The number of hydrogen-bond donors (Lipinski definition) is 3. The van der Waals surface area contributed by atoms with Gasteiger partial charge in [0.05, 0.1) is 5.54 Å². The summed E-state index contributed by atoms with van der Waals surface area (Å²) in [6, 6.07) is 0. The number of oxime groups is 1. The lowest BCUT2D eigenvalue weighted by atomic mass is 10.0. The SMILES string of the molecule is CC(C)(NC(=O)C1CC1(C)C)C(N)=NO. The molecule has 0 aromatic carbocycles. The largest absolute Gasteiger partial charge is 0.409 e. The molecule has 1 aliphatic rings. The third kappa shape index (κ3) is 2.40. The molecule has 0 aliphatic heterocycles. The van der Waals surface area contributed by atoms with Crippen LogP contribution in [0.5, 0.6) is 0 Å². The zero-order valence-corrected chi connectivity index (χ0v) is 9.66. The lowest BCUT2D eigenvalue weighted by molar-refractivity contribution is -0.123. The van der Waals surface area contributed by atoms with Gasteiger partial charge in [-0.2, -0.15) is 0 Å². The molecule has 4 N–H and O–H groups in total. The van der Waals surface area contributed by atoms with Crippen LogP contribution in [0.3, 0.4) is 0 Å². The molecule has 0 bridgehead atoms. The van der Waals surface area contributed by atoms with E-state index in [-0.39, 0.29) is 23.1 Å². The number of carbonyl (C=O) groups is 1. The summed E-state index contributed by atoms with van der Waals surface area (Å²) in [6.45, 7) is 7.51. The second kappa shape index (κ2) is 3.40. The first kappa shape index (κ1) is 11.8. The van der Waals surface area contributed by atoms with Gasteiger partial charge < -0.3 is 16.3 Å². The predicted molar refractivity (Wildman–Crippen MR) is 57.5 cm³/mol. The standard InChI is InChI=1S/C10H19N3O2/c1-9(2)5-6(9)7(14)12-10(3,4)8(11)13-15/h6,15H,5H2,1-4H3,(H2,11,13)(H,12,14). The van der Waals surface area contributed by atoms with Crippen molar-refractivity contribution in [2.45, 2.75) is 39.7 Å². The highest BCUT2D eigenvalue weighted by atomic mass is 16.4. The molecule has 0 heterocycles. The maximum Gasteiger partial charge on any atom is 0.224 e. The van der Waals surface area contributed by atoms with E-state index in [1.54, 1.807) is 13.8 Å². The number of nitrogens with zero attached hydrogens (tertiary/aromatic N) is 1. The summed E-state index contributed by atoms with van der Waals surface area (Å²) >= 11 is 0. The molecule has 86 valence electrons. The van der Waals surface area contributed by atoms with E-state index >= 15 is 0 Å². The number of rotatable bonds is 3. The highest BCUT2D eigenvalue weighted by molar-refractivity contribution is 5.94. The van der Waals surface area contributed by atoms with Crippen molar-refractivity contribution in [2.24, 2.45) is 22.2 Å². The summed E-state index contributed by atoms with van der Waals surface area (Å²) in [6.07, 6.45) is 0.894. The molecule has 1 amide bonds. The van der Waals surface area contributed by atoms with Gasteiger partial charge in [0.15, 0.2) is 5.84 Å². The first-order valence-corrected chi connectivity index (χ1v) is 5.01. The van der Waals surface area contributed by atoms with E-state index in [1.807, 2.05) is 13.8 Å². The van der Waals surface area contributed by atoms with Crippen LogP contribution in [0.15, 0.2) is 5.16 Å². The summed E-state index contributed by atoms with van der Waals surface area (Å²) in [5.74, 6) is 0.0224. The van der Waals surface area contributed by atoms with Crippen molar-refractivity contribution < 1.29 is 10.0 Å². The minimum atomic E-state index is -0.801. The molecule has 1 aliphatic carbocycles. The molecule has 0 aromatic rings. The average molecular weight is 213 g/mol. The van der Waals surface area contributed by atoms with Gasteiger partial charge in [-0.05, 0) is 25.7 Å². The van der Waals surface area contributed by atoms with Gasteiger partial charge in [0.25, 0.3) is 0 Å². The summed E-state index contributed by atoms with van der Waals surface area (Å²) in [4.78, 5) is 11.8. The summed E-state index contributed by atoms with van der Waals surface area (Å²) in [5, 5.41) is 14.2.